The minimum absolute atomic E-state index is 0.0552. The van der Waals surface area contributed by atoms with Crippen LogP contribution in [-0.4, -0.2) is 26.7 Å². The van der Waals surface area contributed by atoms with Gasteiger partial charge in [-0.1, -0.05) is 11.6 Å². The van der Waals surface area contributed by atoms with Gasteiger partial charge in [-0.05, 0) is 51.7 Å². The first kappa shape index (κ1) is 14.6. The zero-order valence-electron chi connectivity index (χ0n) is 13.0. The van der Waals surface area contributed by atoms with Crippen LogP contribution in [0.1, 0.15) is 38.4 Å². The third-order valence-corrected chi connectivity index (χ3v) is 3.95. The molecule has 22 heavy (non-hydrogen) atoms. The third-order valence-electron chi connectivity index (χ3n) is 3.95. The minimum atomic E-state index is -0.215. The molecule has 2 aromatic heterocycles. The SMILES string of the molecule is Cc1nc2c(NC(=O)NC(C)C3=CCCCC3)cccn2n1. The fourth-order valence-electron chi connectivity index (χ4n) is 2.81. The van der Waals surface area contributed by atoms with Crippen molar-refractivity contribution < 1.29 is 4.79 Å². The predicted molar refractivity (Wildman–Crippen MR) is 85.9 cm³/mol. The maximum Gasteiger partial charge on any atom is 0.319 e. The lowest BCUT2D eigenvalue weighted by Crippen LogP contribution is -2.37. The number of fused-ring (bicyclic) bond motifs is 1. The van der Waals surface area contributed by atoms with Gasteiger partial charge in [-0.25, -0.2) is 14.3 Å². The van der Waals surface area contributed by atoms with E-state index in [1.165, 1.54) is 18.4 Å². The van der Waals surface area contributed by atoms with Gasteiger partial charge in [0, 0.05) is 12.2 Å². The molecule has 2 heterocycles. The van der Waals surface area contributed by atoms with E-state index in [9.17, 15) is 4.79 Å². The molecular formula is C16H21N5O. The summed E-state index contributed by atoms with van der Waals surface area (Å²) in [6.07, 6.45) is 8.70. The van der Waals surface area contributed by atoms with Crippen LogP contribution in [0.15, 0.2) is 30.0 Å². The number of aryl methyl sites for hydroxylation is 1. The van der Waals surface area contributed by atoms with Crippen LogP contribution in [0.2, 0.25) is 0 Å². The Labute approximate surface area is 129 Å². The number of aromatic nitrogens is 3. The highest BCUT2D eigenvalue weighted by Gasteiger charge is 2.15. The highest BCUT2D eigenvalue weighted by molar-refractivity contribution is 5.93. The molecule has 0 saturated carbocycles. The molecule has 116 valence electrons. The van der Waals surface area contributed by atoms with Gasteiger partial charge in [0.15, 0.2) is 5.65 Å². The quantitative estimate of drug-likeness (QED) is 0.856. The van der Waals surface area contributed by atoms with Crippen LogP contribution in [0.25, 0.3) is 5.65 Å². The molecular weight excluding hydrogens is 278 g/mol. The van der Waals surface area contributed by atoms with E-state index in [0.29, 0.717) is 17.2 Å². The van der Waals surface area contributed by atoms with Gasteiger partial charge in [0.1, 0.15) is 5.82 Å². The van der Waals surface area contributed by atoms with Gasteiger partial charge in [-0.3, -0.25) is 0 Å². The number of hydrogen-bond donors (Lipinski definition) is 2. The molecule has 2 amide bonds. The van der Waals surface area contributed by atoms with Gasteiger partial charge in [0.05, 0.1) is 5.69 Å². The van der Waals surface area contributed by atoms with E-state index in [0.717, 1.165) is 12.8 Å². The topological polar surface area (TPSA) is 71.3 Å². The second-order valence-corrected chi connectivity index (χ2v) is 5.69. The van der Waals surface area contributed by atoms with Crippen molar-refractivity contribution in [2.75, 3.05) is 5.32 Å². The van der Waals surface area contributed by atoms with E-state index in [1.54, 1.807) is 4.52 Å². The first-order valence-corrected chi connectivity index (χ1v) is 7.72. The van der Waals surface area contributed by atoms with E-state index in [-0.39, 0.29) is 12.1 Å². The van der Waals surface area contributed by atoms with E-state index >= 15 is 0 Å². The lowest BCUT2D eigenvalue weighted by atomic mass is 9.95. The van der Waals surface area contributed by atoms with Gasteiger partial charge < -0.3 is 10.6 Å². The van der Waals surface area contributed by atoms with Crippen molar-refractivity contribution in [2.24, 2.45) is 0 Å². The summed E-state index contributed by atoms with van der Waals surface area (Å²) >= 11 is 0. The second kappa shape index (κ2) is 6.17. The highest BCUT2D eigenvalue weighted by Crippen LogP contribution is 2.20. The van der Waals surface area contributed by atoms with Crippen molar-refractivity contribution in [1.29, 1.82) is 0 Å². The third kappa shape index (κ3) is 3.10. The number of anilines is 1. The van der Waals surface area contributed by atoms with Crippen LogP contribution in [-0.2, 0) is 0 Å². The summed E-state index contributed by atoms with van der Waals surface area (Å²) < 4.78 is 1.66. The molecule has 0 fully saturated rings. The standard InChI is InChI=1S/C16H21N5O/c1-11(13-7-4-3-5-8-13)17-16(22)19-14-9-6-10-21-15(14)18-12(2)20-21/h6-7,9-11H,3-5,8H2,1-2H3,(H2,17,19,22). The molecule has 3 rings (SSSR count). The van der Waals surface area contributed by atoms with Crippen molar-refractivity contribution in [3.63, 3.8) is 0 Å². The summed E-state index contributed by atoms with van der Waals surface area (Å²) in [7, 11) is 0. The Hall–Kier alpha value is -2.37. The number of urea groups is 1. The van der Waals surface area contributed by atoms with Gasteiger partial charge in [0.25, 0.3) is 0 Å². The Balaban J connectivity index is 1.69. The van der Waals surface area contributed by atoms with Gasteiger partial charge in [-0.15, -0.1) is 0 Å². The molecule has 0 bridgehead atoms. The molecule has 1 unspecified atom stereocenters. The predicted octanol–water partition coefficient (Wildman–Crippen LogP) is 3.05. The van der Waals surface area contributed by atoms with Crippen LogP contribution >= 0.6 is 0 Å². The fourth-order valence-corrected chi connectivity index (χ4v) is 2.81. The summed E-state index contributed by atoms with van der Waals surface area (Å²) in [4.78, 5) is 16.5. The second-order valence-electron chi connectivity index (χ2n) is 5.69. The minimum Gasteiger partial charge on any atom is -0.332 e. The first-order valence-electron chi connectivity index (χ1n) is 7.72. The lowest BCUT2D eigenvalue weighted by Gasteiger charge is -2.21. The molecule has 0 aromatic carbocycles. The normalized spacial score (nSPS) is 16.2. The number of nitrogens with one attached hydrogen (secondary N) is 2. The van der Waals surface area contributed by atoms with Crippen molar-refractivity contribution in [1.82, 2.24) is 19.9 Å². The van der Waals surface area contributed by atoms with Gasteiger partial charge in [0.2, 0.25) is 0 Å². The Kier molecular flexibility index (Phi) is 4.09. The highest BCUT2D eigenvalue weighted by atomic mass is 16.2. The number of rotatable bonds is 3. The number of hydrogen-bond acceptors (Lipinski definition) is 3. The fraction of sp³-hybridized carbons (Fsp3) is 0.438. The van der Waals surface area contributed by atoms with Crippen LogP contribution < -0.4 is 10.6 Å². The maximum atomic E-state index is 12.2. The Morgan fingerprint density at radius 1 is 1.41 bits per heavy atom. The monoisotopic (exact) mass is 299 g/mol. The largest absolute Gasteiger partial charge is 0.332 e. The maximum absolute atomic E-state index is 12.2. The van der Waals surface area contributed by atoms with Crippen LogP contribution in [0.3, 0.4) is 0 Å². The zero-order valence-corrected chi connectivity index (χ0v) is 13.0. The molecule has 0 saturated heterocycles. The van der Waals surface area contributed by atoms with Crippen LogP contribution in [0, 0.1) is 6.92 Å². The molecule has 0 aliphatic heterocycles. The number of amides is 2. The Bertz CT molecular complexity index is 718. The molecule has 0 radical (unpaired) electrons. The zero-order chi connectivity index (χ0) is 15.5. The molecule has 2 N–H and O–H groups in total. The van der Waals surface area contributed by atoms with Gasteiger partial charge in [-0.2, -0.15) is 5.10 Å². The average molecular weight is 299 g/mol. The summed E-state index contributed by atoms with van der Waals surface area (Å²) in [5.41, 5.74) is 2.63. The van der Waals surface area contributed by atoms with E-state index in [1.807, 2.05) is 32.2 Å². The smallest absolute Gasteiger partial charge is 0.319 e. The summed E-state index contributed by atoms with van der Waals surface area (Å²) in [6.45, 7) is 3.85. The van der Waals surface area contributed by atoms with E-state index in [4.69, 9.17) is 0 Å². The molecule has 2 aromatic rings. The van der Waals surface area contributed by atoms with Gasteiger partial charge >= 0.3 is 6.03 Å². The van der Waals surface area contributed by atoms with Crippen molar-refractivity contribution in [2.45, 2.75) is 45.6 Å². The molecule has 1 aliphatic rings. The lowest BCUT2D eigenvalue weighted by molar-refractivity contribution is 0.250. The Morgan fingerprint density at radius 3 is 3.05 bits per heavy atom. The molecule has 1 atom stereocenters. The summed E-state index contributed by atoms with van der Waals surface area (Å²) in [6, 6.07) is 3.50. The van der Waals surface area contributed by atoms with Crippen molar-refractivity contribution in [3.05, 3.63) is 35.8 Å². The van der Waals surface area contributed by atoms with E-state index in [2.05, 4.69) is 26.8 Å². The van der Waals surface area contributed by atoms with Crippen LogP contribution in [0.4, 0.5) is 10.5 Å². The number of nitrogens with zero attached hydrogens (tertiary/aromatic N) is 3. The number of allylic oxidation sites excluding steroid dienone is 1. The number of carbonyl (C=O) groups is 1. The van der Waals surface area contributed by atoms with E-state index < -0.39 is 0 Å². The summed E-state index contributed by atoms with van der Waals surface area (Å²) in [5, 5.41) is 10.1. The number of carbonyl (C=O) groups excluding carboxylic acids is 1. The molecule has 0 spiro atoms. The average Bonchev–Trinajstić information content (AvgIpc) is 2.89. The molecule has 6 heteroatoms. The first-order chi connectivity index (χ1) is 10.6. The Morgan fingerprint density at radius 2 is 2.27 bits per heavy atom. The van der Waals surface area contributed by atoms with Crippen molar-refractivity contribution >= 4 is 17.4 Å². The van der Waals surface area contributed by atoms with Crippen LogP contribution in [0.5, 0.6) is 0 Å². The number of pyridine rings is 1. The molecule has 1 aliphatic carbocycles. The molecule has 6 nitrogen and oxygen atoms in total. The van der Waals surface area contributed by atoms with Crippen molar-refractivity contribution in [3.8, 4) is 0 Å². The summed E-state index contributed by atoms with van der Waals surface area (Å²) in [5.74, 6) is 0.676.